The molecule has 112 valence electrons. The van der Waals surface area contributed by atoms with Crippen LogP contribution in [-0.4, -0.2) is 36.4 Å². The quantitative estimate of drug-likeness (QED) is 0.780. The number of nitrogen functional groups attached to an aromatic ring is 1. The van der Waals surface area contributed by atoms with Gasteiger partial charge in [0, 0.05) is 18.3 Å². The van der Waals surface area contributed by atoms with Crippen LogP contribution in [0.1, 0.15) is 37.6 Å². The first-order valence-corrected chi connectivity index (χ1v) is 7.80. The van der Waals surface area contributed by atoms with E-state index in [1.807, 2.05) is 6.92 Å². The van der Waals surface area contributed by atoms with Crippen LogP contribution >= 0.6 is 0 Å². The fraction of sp³-hybridized carbons (Fsp3) is 0.462. The topological polar surface area (TPSA) is 101 Å². The summed E-state index contributed by atoms with van der Waals surface area (Å²) in [7, 11) is -3.89. The minimum absolute atomic E-state index is 0.216. The lowest BCUT2D eigenvalue weighted by Gasteiger charge is -2.26. The molecule has 0 aliphatic carbocycles. The summed E-state index contributed by atoms with van der Waals surface area (Å²) in [5.41, 5.74) is 5.55. The second kappa shape index (κ2) is 6.23. The third-order valence-electron chi connectivity index (χ3n) is 2.84. The Bertz CT molecular complexity index is 596. The molecule has 0 radical (unpaired) electrons. The zero-order valence-electron chi connectivity index (χ0n) is 11.8. The first-order valence-electron chi connectivity index (χ1n) is 6.36. The van der Waals surface area contributed by atoms with Crippen molar-refractivity contribution in [3.8, 4) is 0 Å². The van der Waals surface area contributed by atoms with Crippen molar-refractivity contribution in [2.75, 3.05) is 12.3 Å². The molecule has 0 saturated heterocycles. The van der Waals surface area contributed by atoms with E-state index in [1.54, 1.807) is 13.8 Å². The number of sulfonamides is 1. The summed E-state index contributed by atoms with van der Waals surface area (Å²) in [5, 5.41) is 9.15. The standard InChI is InChI=1S/C13H20N2O4S/c1-4-7-15(9(2)3)20(18,19)12-8-10(14)5-6-11(12)13(16)17/h5-6,8-9H,4,7,14H2,1-3H3,(H,16,17). The number of carboxylic acid groups (broad SMARTS) is 1. The van der Waals surface area contributed by atoms with Crippen LogP contribution in [0.2, 0.25) is 0 Å². The highest BCUT2D eigenvalue weighted by Crippen LogP contribution is 2.24. The predicted octanol–water partition coefficient (Wildman–Crippen LogP) is 1.78. The minimum atomic E-state index is -3.89. The molecule has 1 aromatic carbocycles. The molecule has 20 heavy (non-hydrogen) atoms. The number of hydrogen-bond donors (Lipinski definition) is 2. The summed E-state index contributed by atoms with van der Waals surface area (Å²) in [6, 6.07) is 3.53. The van der Waals surface area contributed by atoms with E-state index in [4.69, 9.17) is 10.8 Å². The second-order valence-corrected chi connectivity index (χ2v) is 6.63. The van der Waals surface area contributed by atoms with Crippen LogP contribution in [0.3, 0.4) is 0 Å². The van der Waals surface area contributed by atoms with Crippen LogP contribution < -0.4 is 5.73 Å². The number of anilines is 1. The van der Waals surface area contributed by atoms with E-state index in [9.17, 15) is 13.2 Å². The number of nitrogens with zero attached hydrogens (tertiary/aromatic N) is 1. The Morgan fingerprint density at radius 2 is 2.00 bits per heavy atom. The Hall–Kier alpha value is -1.60. The first-order chi connectivity index (χ1) is 9.21. The van der Waals surface area contributed by atoms with Crippen molar-refractivity contribution in [1.29, 1.82) is 0 Å². The van der Waals surface area contributed by atoms with Crippen molar-refractivity contribution in [2.45, 2.75) is 38.1 Å². The van der Waals surface area contributed by atoms with Gasteiger partial charge < -0.3 is 10.8 Å². The molecule has 0 atom stereocenters. The van der Waals surface area contributed by atoms with Gasteiger partial charge in [-0.2, -0.15) is 4.31 Å². The summed E-state index contributed by atoms with van der Waals surface area (Å²) in [6.45, 7) is 5.69. The normalized spacial score (nSPS) is 12.1. The fourth-order valence-electron chi connectivity index (χ4n) is 1.93. The van der Waals surface area contributed by atoms with Crippen molar-refractivity contribution in [3.05, 3.63) is 23.8 Å². The SMILES string of the molecule is CCCN(C(C)C)S(=O)(=O)c1cc(N)ccc1C(=O)O. The van der Waals surface area contributed by atoms with E-state index in [0.717, 1.165) is 0 Å². The molecule has 0 aromatic heterocycles. The van der Waals surface area contributed by atoms with Gasteiger partial charge in [0.1, 0.15) is 0 Å². The van der Waals surface area contributed by atoms with Gasteiger partial charge in [-0.05, 0) is 38.5 Å². The number of carboxylic acids is 1. The number of rotatable bonds is 6. The van der Waals surface area contributed by atoms with E-state index in [-0.39, 0.29) is 22.2 Å². The van der Waals surface area contributed by atoms with Gasteiger partial charge >= 0.3 is 5.97 Å². The monoisotopic (exact) mass is 300 g/mol. The average molecular weight is 300 g/mol. The van der Waals surface area contributed by atoms with Crippen LogP contribution in [0.5, 0.6) is 0 Å². The van der Waals surface area contributed by atoms with Crippen molar-refractivity contribution in [1.82, 2.24) is 4.31 Å². The molecule has 1 aromatic rings. The second-order valence-electron chi connectivity index (χ2n) is 4.77. The highest BCUT2D eigenvalue weighted by atomic mass is 32.2. The molecule has 0 amide bonds. The number of carbonyl (C=O) groups is 1. The van der Waals surface area contributed by atoms with Crippen molar-refractivity contribution >= 4 is 21.7 Å². The van der Waals surface area contributed by atoms with E-state index < -0.39 is 16.0 Å². The lowest BCUT2D eigenvalue weighted by molar-refractivity contribution is 0.0692. The van der Waals surface area contributed by atoms with Crippen molar-refractivity contribution in [3.63, 3.8) is 0 Å². The molecule has 0 aliphatic heterocycles. The lowest BCUT2D eigenvalue weighted by atomic mass is 10.2. The molecule has 0 fully saturated rings. The number of benzene rings is 1. The average Bonchev–Trinajstić information content (AvgIpc) is 2.34. The fourth-order valence-corrected chi connectivity index (χ4v) is 3.88. The Labute approximate surface area is 119 Å². The Morgan fingerprint density at radius 3 is 2.45 bits per heavy atom. The third kappa shape index (κ3) is 3.29. The van der Waals surface area contributed by atoms with Gasteiger partial charge in [-0.1, -0.05) is 6.92 Å². The van der Waals surface area contributed by atoms with Gasteiger partial charge in [-0.15, -0.1) is 0 Å². The molecule has 0 unspecified atom stereocenters. The number of hydrogen-bond acceptors (Lipinski definition) is 4. The molecule has 0 heterocycles. The van der Waals surface area contributed by atoms with Gasteiger partial charge in [0.25, 0.3) is 0 Å². The Kier molecular flexibility index (Phi) is 5.13. The maximum absolute atomic E-state index is 12.6. The molecule has 7 heteroatoms. The summed E-state index contributed by atoms with van der Waals surface area (Å²) in [6.07, 6.45) is 0.641. The van der Waals surface area contributed by atoms with Crippen LogP contribution in [-0.2, 0) is 10.0 Å². The van der Waals surface area contributed by atoms with E-state index in [1.165, 1.54) is 22.5 Å². The highest BCUT2D eigenvalue weighted by Gasteiger charge is 2.30. The zero-order chi connectivity index (χ0) is 15.5. The van der Waals surface area contributed by atoms with Gasteiger partial charge in [-0.25, -0.2) is 13.2 Å². The van der Waals surface area contributed by atoms with E-state index in [0.29, 0.717) is 13.0 Å². The van der Waals surface area contributed by atoms with Crippen LogP contribution in [0.4, 0.5) is 5.69 Å². The molecule has 3 N–H and O–H groups in total. The maximum atomic E-state index is 12.6. The summed E-state index contributed by atoms with van der Waals surface area (Å²) in [4.78, 5) is 10.9. The largest absolute Gasteiger partial charge is 0.478 e. The smallest absolute Gasteiger partial charge is 0.337 e. The molecule has 0 bridgehead atoms. The van der Waals surface area contributed by atoms with E-state index in [2.05, 4.69) is 0 Å². The number of nitrogens with two attached hydrogens (primary N) is 1. The molecule has 0 aliphatic rings. The van der Waals surface area contributed by atoms with Gasteiger partial charge in [0.05, 0.1) is 10.5 Å². The molecule has 1 rings (SSSR count). The maximum Gasteiger partial charge on any atom is 0.337 e. The van der Waals surface area contributed by atoms with Crippen LogP contribution in [0.25, 0.3) is 0 Å². The van der Waals surface area contributed by atoms with Gasteiger partial charge in [0.2, 0.25) is 10.0 Å². The lowest BCUT2D eigenvalue weighted by Crippen LogP contribution is -2.38. The molecule has 0 saturated carbocycles. The summed E-state index contributed by atoms with van der Waals surface area (Å²) >= 11 is 0. The zero-order valence-corrected chi connectivity index (χ0v) is 12.6. The number of aromatic carboxylic acids is 1. The van der Waals surface area contributed by atoms with Crippen LogP contribution in [0.15, 0.2) is 23.1 Å². The molecule has 0 spiro atoms. The molecule has 6 nitrogen and oxygen atoms in total. The Morgan fingerprint density at radius 1 is 1.40 bits per heavy atom. The van der Waals surface area contributed by atoms with Gasteiger partial charge in [0.15, 0.2) is 0 Å². The minimum Gasteiger partial charge on any atom is -0.478 e. The van der Waals surface area contributed by atoms with Crippen LogP contribution in [0, 0.1) is 0 Å². The first kappa shape index (κ1) is 16.5. The van der Waals surface area contributed by atoms with Crippen molar-refractivity contribution < 1.29 is 18.3 Å². The Balaban J connectivity index is 3.47. The molecular formula is C13H20N2O4S. The highest BCUT2D eigenvalue weighted by molar-refractivity contribution is 7.89. The van der Waals surface area contributed by atoms with Crippen molar-refractivity contribution in [2.24, 2.45) is 0 Å². The third-order valence-corrected chi connectivity index (χ3v) is 4.96. The predicted molar refractivity (Wildman–Crippen MR) is 77.1 cm³/mol. The van der Waals surface area contributed by atoms with E-state index >= 15 is 0 Å². The summed E-state index contributed by atoms with van der Waals surface area (Å²) < 4.78 is 26.6. The van der Waals surface area contributed by atoms with Gasteiger partial charge in [-0.3, -0.25) is 0 Å². The molecular weight excluding hydrogens is 280 g/mol. The summed E-state index contributed by atoms with van der Waals surface area (Å²) in [5.74, 6) is -1.29.